The molecule has 4 rings (SSSR count). The lowest BCUT2D eigenvalue weighted by Gasteiger charge is -2.57. The second-order valence-electron chi connectivity index (χ2n) is 10.2. The molecule has 7 atom stereocenters. The highest BCUT2D eigenvalue weighted by Crippen LogP contribution is 2.64. The highest BCUT2D eigenvalue weighted by atomic mass is 16.5. The molecular formula is C23H35NO3. The van der Waals surface area contributed by atoms with Crippen molar-refractivity contribution in [3.63, 3.8) is 0 Å². The third-order valence-electron chi connectivity index (χ3n) is 8.55. The molecule has 0 spiro atoms. The number of hydrogen-bond donors (Lipinski definition) is 1. The molecule has 0 saturated heterocycles. The maximum atomic E-state index is 12.5. The van der Waals surface area contributed by atoms with Crippen molar-refractivity contribution < 1.29 is 14.3 Å². The molecule has 3 fully saturated rings. The standard InChI is InChI=1S/C23H35NO3/c1-14(24)12-21(26)27-16-8-10-22(2)15(13-16)4-5-17-18-6-7-20(25)23(18,3)11-9-19(17)22/h13-14,16-19H,4-12,24H2,1-3H3/t14?,16-,17?,18?,19?,22-,23-/m0/s1. The molecule has 4 aliphatic rings. The van der Waals surface area contributed by atoms with E-state index in [1.807, 2.05) is 6.92 Å². The first-order valence-electron chi connectivity index (χ1n) is 10.9. The lowest BCUT2D eigenvalue weighted by atomic mass is 9.47. The fourth-order valence-corrected chi connectivity index (χ4v) is 7.04. The van der Waals surface area contributed by atoms with Crippen molar-refractivity contribution in [1.82, 2.24) is 0 Å². The number of ether oxygens (including phenoxy) is 1. The van der Waals surface area contributed by atoms with Crippen molar-refractivity contribution in [2.75, 3.05) is 0 Å². The van der Waals surface area contributed by atoms with Gasteiger partial charge in [-0.3, -0.25) is 9.59 Å². The van der Waals surface area contributed by atoms with E-state index in [0.717, 1.165) is 38.5 Å². The summed E-state index contributed by atoms with van der Waals surface area (Å²) in [7, 11) is 0. The smallest absolute Gasteiger partial charge is 0.307 e. The predicted molar refractivity (Wildman–Crippen MR) is 105 cm³/mol. The largest absolute Gasteiger partial charge is 0.458 e. The Labute approximate surface area is 163 Å². The Hall–Kier alpha value is -1.16. The minimum atomic E-state index is -0.179. The number of Topliss-reactive ketones (excluding diaryl/α,β-unsaturated/α-hetero) is 1. The minimum absolute atomic E-state index is 0.0512. The molecule has 0 aromatic carbocycles. The van der Waals surface area contributed by atoms with Crippen LogP contribution in [-0.4, -0.2) is 23.9 Å². The summed E-state index contributed by atoms with van der Waals surface area (Å²) >= 11 is 0. The highest BCUT2D eigenvalue weighted by molar-refractivity contribution is 5.87. The van der Waals surface area contributed by atoms with Crippen LogP contribution in [0.15, 0.2) is 11.6 Å². The van der Waals surface area contributed by atoms with Crippen LogP contribution in [-0.2, 0) is 14.3 Å². The zero-order chi connectivity index (χ0) is 19.4. The zero-order valence-corrected chi connectivity index (χ0v) is 17.1. The first-order chi connectivity index (χ1) is 12.7. The highest BCUT2D eigenvalue weighted by Gasteiger charge is 2.58. The average Bonchev–Trinajstić information content (AvgIpc) is 2.90. The molecule has 27 heavy (non-hydrogen) atoms. The number of nitrogens with two attached hydrogens (primary N) is 1. The monoisotopic (exact) mass is 373 g/mol. The molecule has 0 heterocycles. The maximum absolute atomic E-state index is 12.5. The fraction of sp³-hybridized carbons (Fsp3) is 0.826. The third-order valence-corrected chi connectivity index (χ3v) is 8.55. The summed E-state index contributed by atoms with van der Waals surface area (Å²) in [6.45, 7) is 6.52. The Kier molecular flexibility index (Phi) is 4.77. The number of rotatable bonds is 3. The summed E-state index contributed by atoms with van der Waals surface area (Å²) < 4.78 is 5.69. The van der Waals surface area contributed by atoms with Gasteiger partial charge in [0, 0.05) is 17.9 Å². The molecule has 4 aliphatic carbocycles. The van der Waals surface area contributed by atoms with Crippen LogP contribution in [0.3, 0.4) is 0 Å². The molecule has 2 N–H and O–H groups in total. The van der Waals surface area contributed by atoms with Crippen LogP contribution >= 0.6 is 0 Å². The van der Waals surface area contributed by atoms with E-state index in [9.17, 15) is 9.59 Å². The molecule has 4 heteroatoms. The van der Waals surface area contributed by atoms with Gasteiger partial charge in [0.05, 0.1) is 6.42 Å². The normalized spacial score (nSPS) is 44.6. The zero-order valence-electron chi connectivity index (χ0n) is 17.1. The van der Waals surface area contributed by atoms with E-state index >= 15 is 0 Å². The van der Waals surface area contributed by atoms with E-state index in [0.29, 0.717) is 23.5 Å². The Morgan fingerprint density at radius 3 is 2.59 bits per heavy atom. The Balaban J connectivity index is 1.51. The van der Waals surface area contributed by atoms with E-state index in [-0.39, 0.29) is 35.4 Å². The van der Waals surface area contributed by atoms with E-state index in [2.05, 4.69) is 19.9 Å². The van der Waals surface area contributed by atoms with Crippen LogP contribution in [0.4, 0.5) is 0 Å². The summed E-state index contributed by atoms with van der Waals surface area (Å²) in [5.41, 5.74) is 7.39. The van der Waals surface area contributed by atoms with Gasteiger partial charge < -0.3 is 10.5 Å². The number of ketones is 1. The van der Waals surface area contributed by atoms with Crippen molar-refractivity contribution in [2.24, 2.45) is 34.3 Å². The second kappa shape index (κ2) is 6.72. The van der Waals surface area contributed by atoms with E-state index in [1.165, 1.54) is 18.4 Å². The lowest BCUT2D eigenvalue weighted by molar-refractivity contribution is -0.148. The Morgan fingerprint density at radius 2 is 1.85 bits per heavy atom. The van der Waals surface area contributed by atoms with E-state index < -0.39 is 0 Å². The number of allylic oxidation sites excluding steroid dienone is 1. The Morgan fingerprint density at radius 1 is 1.15 bits per heavy atom. The Bertz CT molecular complexity index is 669. The lowest BCUT2D eigenvalue weighted by Crippen LogP contribution is -2.50. The molecule has 0 aromatic heterocycles. The van der Waals surface area contributed by atoms with Gasteiger partial charge in [-0.15, -0.1) is 0 Å². The number of carbonyl (C=O) groups is 2. The summed E-state index contributed by atoms with van der Waals surface area (Å²) in [6.07, 6.45) is 10.9. The first-order valence-corrected chi connectivity index (χ1v) is 10.9. The van der Waals surface area contributed by atoms with Crippen LogP contribution in [0.2, 0.25) is 0 Å². The van der Waals surface area contributed by atoms with Gasteiger partial charge in [0.1, 0.15) is 11.9 Å². The van der Waals surface area contributed by atoms with E-state index in [1.54, 1.807) is 0 Å². The molecule has 4 unspecified atom stereocenters. The molecule has 0 aromatic rings. The van der Waals surface area contributed by atoms with Gasteiger partial charge in [0.25, 0.3) is 0 Å². The van der Waals surface area contributed by atoms with Gasteiger partial charge in [-0.25, -0.2) is 0 Å². The van der Waals surface area contributed by atoms with Crippen molar-refractivity contribution in [3.05, 3.63) is 11.6 Å². The van der Waals surface area contributed by atoms with Crippen molar-refractivity contribution in [1.29, 1.82) is 0 Å². The minimum Gasteiger partial charge on any atom is -0.458 e. The second-order valence-corrected chi connectivity index (χ2v) is 10.2. The molecule has 3 saturated carbocycles. The number of carbonyl (C=O) groups excluding carboxylic acids is 2. The van der Waals surface area contributed by atoms with Gasteiger partial charge in [-0.05, 0) is 81.1 Å². The first kappa shape index (κ1) is 19.2. The van der Waals surface area contributed by atoms with Gasteiger partial charge in [0.15, 0.2) is 0 Å². The van der Waals surface area contributed by atoms with Crippen LogP contribution in [0, 0.1) is 28.6 Å². The van der Waals surface area contributed by atoms with Gasteiger partial charge in [-0.2, -0.15) is 0 Å². The van der Waals surface area contributed by atoms with Gasteiger partial charge >= 0.3 is 5.97 Å². The number of fused-ring (bicyclic) bond motifs is 5. The molecule has 0 amide bonds. The maximum Gasteiger partial charge on any atom is 0.307 e. The summed E-state index contributed by atoms with van der Waals surface area (Å²) in [4.78, 5) is 24.5. The van der Waals surface area contributed by atoms with Crippen molar-refractivity contribution >= 4 is 11.8 Å². The van der Waals surface area contributed by atoms with Crippen LogP contribution in [0.25, 0.3) is 0 Å². The van der Waals surface area contributed by atoms with Gasteiger partial charge in [0.2, 0.25) is 0 Å². The summed E-state index contributed by atoms with van der Waals surface area (Å²) in [5, 5.41) is 0. The summed E-state index contributed by atoms with van der Waals surface area (Å²) in [6, 6.07) is -0.153. The predicted octanol–water partition coefficient (Wildman–Crippen LogP) is 4.17. The topological polar surface area (TPSA) is 69.4 Å². The molecule has 0 radical (unpaired) electrons. The number of esters is 1. The van der Waals surface area contributed by atoms with Crippen LogP contribution in [0.5, 0.6) is 0 Å². The molecule has 0 bridgehead atoms. The SMILES string of the molecule is CC(N)CC(=O)O[C@@H]1C=C2CCC3C(CC[C@]4(C)C(=O)CCC34)[C@@]2(C)CC1. The van der Waals surface area contributed by atoms with Crippen molar-refractivity contribution in [2.45, 2.75) is 90.7 Å². The molecule has 0 aliphatic heterocycles. The molecular weight excluding hydrogens is 338 g/mol. The van der Waals surface area contributed by atoms with Crippen molar-refractivity contribution in [3.8, 4) is 0 Å². The quantitative estimate of drug-likeness (QED) is 0.595. The molecule has 4 nitrogen and oxygen atoms in total. The van der Waals surface area contributed by atoms with Gasteiger partial charge in [-0.1, -0.05) is 19.4 Å². The average molecular weight is 374 g/mol. The number of hydrogen-bond acceptors (Lipinski definition) is 4. The molecule has 150 valence electrons. The fourth-order valence-electron chi connectivity index (χ4n) is 7.04. The third kappa shape index (κ3) is 3.08. The van der Waals surface area contributed by atoms with E-state index in [4.69, 9.17) is 10.5 Å². The van der Waals surface area contributed by atoms with Crippen LogP contribution in [0.1, 0.15) is 78.6 Å². The van der Waals surface area contributed by atoms with Crippen LogP contribution < -0.4 is 5.73 Å². The summed E-state index contributed by atoms with van der Waals surface area (Å²) in [5.74, 6) is 2.30.